The highest BCUT2D eigenvalue weighted by molar-refractivity contribution is 5.84. The second kappa shape index (κ2) is 5.50. The Morgan fingerprint density at radius 3 is 2.72 bits per heavy atom. The maximum Gasteiger partial charge on any atom is 0.244 e. The highest BCUT2D eigenvalue weighted by Crippen LogP contribution is 2.27. The predicted octanol–water partition coefficient (Wildman–Crippen LogP) is 1.18. The third kappa shape index (κ3) is 2.40. The number of ether oxygens (including phenoxy) is 1. The highest BCUT2D eigenvalue weighted by atomic mass is 16.5. The maximum atomic E-state index is 12.2. The fraction of sp³-hybridized carbons (Fsp3) is 0.500. The number of likely N-dealkylation sites (tertiary alicyclic amines) is 1. The Kier molecular flexibility index (Phi) is 3.99. The Morgan fingerprint density at radius 2 is 2.17 bits per heavy atom. The first-order valence-electron chi connectivity index (χ1n) is 6.25. The van der Waals surface area contributed by atoms with E-state index in [0.717, 1.165) is 12.1 Å². The van der Waals surface area contributed by atoms with Gasteiger partial charge in [0.2, 0.25) is 5.91 Å². The molecular weight excluding hydrogens is 228 g/mol. The Labute approximate surface area is 108 Å². The van der Waals surface area contributed by atoms with E-state index in [2.05, 4.69) is 0 Å². The second-order valence-electron chi connectivity index (χ2n) is 4.83. The second-order valence-corrected chi connectivity index (χ2v) is 4.83. The van der Waals surface area contributed by atoms with Crippen molar-refractivity contribution in [3.8, 4) is 0 Å². The zero-order chi connectivity index (χ0) is 13.1. The fourth-order valence-corrected chi connectivity index (χ4v) is 2.37. The van der Waals surface area contributed by atoms with E-state index in [1.807, 2.05) is 42.2 Å². The zero-order valence-electron chi connectivity index (χ0n) is 10.9. The number of methoxy groups -OCH3 is 1. The van der Waals surface area contributed by atoms with Crippen LogP contribution in [0, 0.1) is 5.92 Å². The first-order valence-corrected chi connectivity index (χ1v) is 6.25. The number of nitrogens with two attached hydrogens (primary N) is 1. The van der Waals surface area contributed by atoms with Crippen LogP contribution in [0.15, 0.2) is 30.3 Å². The number of amides is 1. The molecule has 3 atom stereocenters. The molecular formula is C14H20N2O2. The number of benzene rings is 1. The minimum atomic E-state index is -0.558. The lowest BCUT2D eigenvalue weighted by Crippen LogP contribution is -2.60. The van der Waals surface area contributed by atoms with Crippen molar-refractivity contribution in [1.29, 1.82) is 0 Å². The van der Waals surface area contributed by atoms with Crippen LogP contribution in [0.3, 0.4) is 0 Å². The molecule has 1 aliphatic heterocycles. The Hall–Kier alpha value is -1.39. The fourth-order valence-electron chi connectivity index (χ4n) is 2.37. The molecule has 18 heavy (non-hydrogen) atoms. The third-order valence-electron chi connectivity index (χ3n) is 3.69. The van der Waals surface area contributed by atoms with Crippen molar-refractivity contribution in [2.24, 2.45) is 11.7 Å². The van der Waals surface area contributed by atoms with Gasteiger partial charge in [-0.3, -0.25) is 4.79 Å². The average molecular weight is 248 g/mol. The van der Waals surface area contributed by atoms with Crippen LogP contribution >= 0.6 is 0 Å². The summed E-state index contributed by atoms with van der Waals surface area (Å²) in [5.41, 5.74) is 6.87. The number of hydrogen-bond acceptors (Lipinski definition) is 3. The minimum absolute atomic E-state index is 0.000975. The molecule has 2 rings (SSSR count). The average Bonchev–Trinajstić information content (AvgIpc) is 2.42. The Morgan fingerprint density at radius 1 is 1.50 bits per heavy atom. The molecule has 1 saturated heterocycles. The highest BCUT2D eigenvalue weighted by Gasteiger charge is 2.40. The normalized spacial score (nSPS) is 24.5. The van der Waals surface area contributed by atoms with Gasteiger partial charge in [-0.15, -0.1) is 0 Å². The Bertz CT molecular complexity index is 408. The van der Waals surface area contributed by atoms with E-state index in [1.165, 1.54) is 0 Å². The van der Waals surface area contributed by atoms with Gasteiger partial charge in [-0.05, 0) is 12.5 Å². The van der Waals surface area contributed by atoms with Crippen molar-refractivity contribution in [3.05, 3.63) is 35.9 Å². The smallest absolute Gasteiger partial charge is 0.244 e. The van der Waals surface area contributed by atoms with Gasteiger partial charge in [0.05, 0.1) is 6.61 Å². The van der Waals surface area contributed by atoms with Crippen molar-refractivity contribution >= 4 is 5.91 Å². The van der Waals surface area contributed by atoms with E-state index in [0.29, 0.717) is 12.5 Å². The topological polar surface area (TPSA) is 55.6 Å². The van der Waals surface area contributed by atoms with Gasteiger partial charge in [-0.2, -0.15) is 0 Å². The molecule has 98 valence electrons. The summed E-state index contributed by atoms with van der Waals surface area (Å²) in [6.07, 6.45) is 0. The largest absolute Gasteiger partial charge is 0.384 e. The minimum Gasteiger partial charge on any atom is -0.384 e. The van der Waals surface area contributed by atoms with Crippen LogP contribution in [0.25, 0.3) is 0 Å². The number of nitrogens with zero attached hydrogens (tertiary/aromatic N) is 1. The molecule has 1 aromatic carbocycles. The molecule has 1 heterocycles. The van der Waals surface area contributed by atoms with Gasteiger partial charge in [-0.1, -0.05) is 30.3 Å². The predicted molar refractivity (Wildman–Crippen MR) is 69.9 cm³/mol. The first-order chi connectivity index (χ1) is 8.65. The summed E-state index contributed by atoms with van der Waals surface area (Å²) in [6.45, 7) is 3.49. The molecule has 4 nitrogen and oxygen atoms in total. The van der Waals surface area contributed by atoms with Crippen LogP contribution < -0.4 is 5.73 Å². The van der Waals surface area contributed by atoms with Gasteiger partial charge in [0, 0.05) is 25.6 Å². The quantitative estimate of drug-likeness (QED) is 0.870. The lowest BCUT2D eigenvalue weighted by Gasteiger charge is -2.47. The van der Waals surface area contributed by atoms with E-state index >= 15 is 0 Å². The lowest BCUT2D eigenvalue weighted by atomic mass is 9.89. The van der Waals surface area contributed by atoms with E-state index < -0.39 is 6.04 Å². The molecule has 1 amide bonds. The van der Waals surface area contributed by atoms with Crippen molar-refractivity contribution in [1.82, 2.24) is 4.90 Å². The summed E-state index contributed by atoms with van der Waals surface area (Å²) in [5.74, 6) is 0.433. The van der Waals surface area contributed by atoms with Crippen LogP contribution in [0.2, 0.25) is 0 Å². The molecule has 3 unspecified atom stereocenters. The first kappa shape index (κ1) is 13.1. The van der Waals surface area contributed by atoms with E-state index in [1.54, 1.807) is 7.11 Å². The Balaban J connectivity index is 1.97. The van der Waals surface area contributed by atoms with Crippen molar-refractivity contribution in [2.45, 2.75) is 19.0 Å². The third-order valence-corrected chi connectivity index (χ3v) is 3.69. The molecule has 1 aromatic rings. The molecule has 1 aliphatic rings. The molecule has 0 aromatic heterocycles. The standard InChI is InChI=1S/C14H20N2O2/c1-10-12(9-18-2)8-16(10)14(17)13(15)11-6-4-3-5-7-11/h3-7,10,12-13H,8-9,15H2,1-2H3. The van der Waals surface area contributed by atoms with Crippen molar-refractivity contribution in [2.75, 3.05) is 20.3 Å². The van der Waals surface area contributed by atoms with Crippen molar-refractivity contribution < 1.29 is 9.53 Å². The summed E-state index contributed by atoms with van der Waals surface area (Å²) in [4.78, 5) is 14.1. The molecule has 0 radical (unpaired) electrons. The molecule has 0 saturated carbocycles. The van der Waals surface area contributed by atoms with E-state index in [4.69, 9.17) is 10.5 Å². The van der Waals surface area contributed by atoms with Gasteiger partial charge >= 0.3 is 0 Å². The molecule has 1 fully saturated rings. The van der Waals surface area contributed by atoms with Crippen LogP contribution in [-0.4, -0.2) is 37.1 Å². The number of rotatable bonds is 4. The summed E-state index contributed by atoms with van der Waals surface area (Å²) in [5, 5.41) is 0. The molecule has 0 bridgehead atoms. The maximum absolute atomic E-state index is 12.2. The van der Waals surface area contributed by atoms with Crippen LogP contribution in [0.5, 0.6) is 0 Å². The zero-order valence-corrected chi connectivity index (χ0v) is 10.9. The van der Waals surface area contributed by atoms with Crippen molar-refractivity contribution in [3.63, 3.8) is 0 Å². The monoisotopic (exact) mass is 248 g/mol. The van der Waals surface area contributed by atoms with Gasteiger partial charge in [0.1, 0.15) is 6.04 Å². The number of hydrogen-bond donors (Lipinski definition) is 1. The summed E-state index contributed by atoms with van der Waals surface area (Å²) < 4.78 is 5.12. The van der Waals surface area contributed by atoms with E-state index in [9.17, 15) is 4.79 Å². The molecule has 4 heteroatoms. The van der Waals surface area contributed by atoms with Crippen LogP contribution in [0.4, 0.5) is 0 Å². The van der Waals surface area contributed by atoms with Crippen LogP contribution in [-0.2, 0) is 9.53 Å². The summed E-state index contributed by atoms with van der Waals surface area (Å²) in [7, 11) is 1.69. The molecule has 0 spiro atoms. The summed E-state index contributed by atoms with van der Waals surface area (Å²) >= 11 is 0. The summed E-state index contributed by atoms with van der Waals surface area (Å²) in [6, 6.07) is 9.15. The van der Waals surface area contributed by atoms with Gasteiger partial charge in [0.25, 0.3) is 0 Å². The molecule has 2 N–H and O–H groups in total. The number of carbonyl (C=O) groups excluding carboxylic acids is 1. The lowest BCUT2D eigenvalue weighted by molar-refractivity contribution is -0.146. The van der Waals surface area contributed by atoms with Gasteiger partial charge < -0.3 is 15.4 Å². The van der Waals surface area contributed by atoms with Crippen LogP contribution in [0.1, 0.15) is 18.5 Å². The SMILES string of the molecule is COCC1CN(C(=O)C(N)c2ccccc2)C1C. The van der Waals surface area contributed by atoms with E-state index in [-0.39, 0.29) is 11.9 Å². The van der Waals surface area contributed by atoms with Gasteiger partial charge in [0.15, 0.2) is 0 Å². The number of carbonyl (C=O) groups is 1. The molecule has 0 aliphatic carbocycles. The van der Waals surface area contributed by atoms with Gasteiger partial charge in [-0.25, -0.2) is 0 Å².